The molecule has 0 amide bonds. The van der Waals surface area contributed by atoms with Gasteiger partial charge in [0.1, 0.15) is 11.9 Å². The van der Waals surface area contributed by atoms with Crippen LogP contribution in [0.2, 0.25) is 0 Å². The molecular formula is C17H16F2N4. The molecule has 1 fully saturated rings. The number of nitriles is 1. The van der Waals surface area contributed by atoms with E-state index in [1.165, 1.54) is 6.07 Å². The van der Waals surface area contributed by atoms with Gasteiger partial charge in [-0.3, -0.25) is 4.90 Å². The molecule has 6 heteroatoms. The zero-order valence-electron chi connectivity index (χ0n) is 12.6. The highest BCUT2D eigenvalue weighted by Gasteiger charge is 2.34. The van der Waals surface area contributed by atoms with Crippen molar-refractivity contribution in [2.45, 2.75) is 18.5 Å². The number of rotatable bonds is 3. The molecule has 1 saturated heterocycles. The van der Waals surface area contributed by atoms with Crippen LogP contribution < -0.4 is 5.32 Å². The van der Waals surface area contributed by atoms with Gasteiger partial charge in [0.2, 0.25) is 0 Å². The van der Waals surface area contributed by atoms with Crippen LogP contribution in [0.15, 0.2) is 36.5 Å². The fraction of sp³-hybridized carbons (Fsp3) is 0.294. The molecule has 0 bridgehead atoms. The summed E-state index contributed by atoms with van der Waals surface area (Å²) >= 11 is 0. The smallest absolute Gasteiger partial charge is 0.159 e. The minimum Gasteiger partial charge on any atom is -0.364 e. The van der Waals surface area contributed by atoms with Gasteiger partial charge in [-0.2, -0.15) is 5.26 Å². The van der Waals surface area contributed by atoms with Crippen molar-refractivity contribution in [2.75, 3.05) is 18.9 Å². The summed E-state index contributed by atoms with van der Waals surface area (Å²) in [4.78, 5) is 6.29. The number of benzene rings is 1. The second-order valence-corrected chi connectivity index (χ2v) is 5.65. The fourth-order valence-electron chi connectivity index (χ4n) is 3.07. The maximum atomic E-state index is 13.6. The van der Waals surface area contributed by atoms with Crippen LogP contribution >= 0.6 is 0 Å². The number of hydrogen-bond acceptors (Lipinski definition) is 4. The van der Waals surface area contributed by atoms with Gasteiger partial charge in [-0.25, -0.2) is 13.8 Å². The SMILES string of the molecule is CN1CC[C@H](Nc2ncccc2C#N)[C@H]1c1ccc(F)c(F)c1. The number of aromatic nitrogens is 1. The lowest BCUT2D eigenvalue weighted by atomic mass is 9.99. The average molecular weight is 314 g/mol. The lowest BCUT2D eigenvalue weighted by molar-refractivity contribution is 0.307. The van der Waals surface area contributed by atoms with Crippen LogP contribution in [0.5, 0.6) is 0 Å². The van der Waals surface area contributed by atoms with Gasteiger partial charge >= 0.3 is 0 Å². The molecule has 1 N–H and O–H groups in total. The molecule has 4 nitrogen and oxygen atoms in total. The van der Waals surface area contributed by atoms with E-state index in [1.807, 2.05) is 7.05 Å². The summed E-state index contributed by atoms with van der Waals surface area (Å²) in [6.07, 6.45) is 2.44. The first-order valence-electron chi connectivity index (χ1n) is 7.37. The van der Waals surface area contributed by atoms with Gasteiger partial charge in [0.25, 0.3) is 0 Å². The summed E-state index contributed by atoms with van der Waals surface area (Å²) in [6, 6.07) is 9.34. The summed E-state index contributed by atoms with van der Waals surface area (Å²) in [5.74, 6) is -1.18. The number of nitrogens with one attached hydrogen (secondary N) is 1. The Bertz CT molecular complexity index is 756. The largest absolute Gasteiger partial charge is 0.364 e. The molecular weight excluding hydrogens is 298 g/mol. The Morgan fingerprint density at radius 1 is 1.30 bits per heavy atom. The number of nitrogens with zero attached hydrogens (tertiary/aromatic N) is 3. The van der Waals surface area contributed by atoms with Crippen molar-refractivity contribution in [1.29, 1.82) is 5.26 Å². The van der Waals surface area contributed by atoms with E-state index in [1.54, 1.807) is 24.4 Å². The standard InChI is InChI=1S/C17H16F2N4/c1-23-8-6-15(22-17-12(10-20)3-2-7-21-17)16(23)11-4-5-13(18)14(19)9-11/h2-5,7,9,15-16H,6,8H2,1H3,(H,21,22)/t15-,16+/m0/s1. The summed E-state index contributed by atoms with van der Waals surface area (Å²) in [7, 11) is 1.94. The molecule has 1 aliphatic heterocycles. The second kappa shape index (κ2) is 6.31. The van der Waals surface area contributed by atoms with Crippen LogP contribution in [-0.2, 0) is 0 Å². The maximum Gasteiger partial charge on any atom is 0.159 e. The van der Waals surface area contributed by atoms with Crippen molar-refractivity contribution in [2.24, 2.45) is 0 Å². The molecule has 118 valence electrons. The summed E-state index contributed by atoms with van der Waals surface area (Å²) in [5.41, 5.74) is 1.17. The third kappa shape index (κ3) is 3.01. The minimum absolute atomic E-state index is 0.0353. The van der Waals surface area contributed by atoms with Crippen molar-refractivity contribution >= 4 is 5.82 Å². The summed E-state index contributed by atoms with van der Waals surface area (Å²) < 4.78 is 26.7. The monoisotopic (exact) mass is 314 g/mol. The van der Waals surface area contributed by atoms with E-state index in [9.17, 15) is 8.78 Å². The number of likely N-dealkylation sites (N-methyl/N-ethyl adjacent to an activating group) is 1. The maximum absolute atomic E-state index is 13.6. The first-order chi connectivity index (χ1) is 11.1. The van der Waals surface area contributed by atoms with Crippen LogP contribution in [0.4, 0.5) is 14.6 Å². The van der Waals surface area contributed by atoms with E-state index in [2.05, 4.69) is 21.3 Å². The van der Waals surface area contributed by atoms with Crippen LogP contribution in [0.25, 0.3) is 0 Å². The Kier molecular flexibility index (Phi) is 4.22. The molecule has 1 aromatic heterocycles. The number of halogens is 2. The highest BCUT2D eigenvalue weighted by atomic mass is 19.2. The first-order valence-corrected chi connectivity index (χ1v) is 7.37. The van der Waals surface area contributed by atoms with Gasteiger partial charge in [0.05, 0.1) is 11.6 Å². The lowest BCUT2D eigenvalue weighted by Crippen LogP contribution is -2.29. The van der Waals surface area contributed by atoms with E-state index in [-0.39, 0.29) is 12.1 Å². The lowest BCUT2D eigenvalue weighted by Gasteiger charge is -2.26. The molecule has 23 heavy (non-hydrogen) atoms. The van der Waals surface area contributed by atoms with Gasteiger partial charge in [-0.15, -0.1) is 0 Å². The molecule has 0 unspecified atom stereocenters. The average Bonchev–Trinajstić information content (AvgIpc) is 2.91. The van der Waals surface area contributed by atoms with Crippen LogP contribution in [-0.4, -0.2) is 29.5 Å². The molecule has 0 aliphatic carbocycles. The van der Waals surface area contributed by atoms with Crippen molar-refractivity contribution in [3.05, 3.63) is 59.3 Å². The third-order valence-electron chi connectivity index (χ3n) is 4.18. The van der Waals surface area contributed by atoms with E-state index in [0.29, 0.717) is 16.9 Å². The Labute approximate surface area is 133 Å². The van der Waals surface area contributed by atoms with E-state index >= 15 is 0 Å². The Morgan fingerprint density at radius 3 is 2.87 bits per heavy atom. The van der Waals surface area contributed by atoms with Gasteiger partial charge in [0.15, 0.2) is 11.6 Å². The Balaban J connectivity index is 1.89. The minimum atomic E-state index is -0.851. The number of pyridine rings is 1. The van der Waals surface area contributed by atoms with E-state index < -0.39 is 11.6 Å². The predicted octanol–water partition coefficient (Wildman–Crippen LogP) is 3.09. The van der Waals surface area contributed by atoms with Gasteiger partial charge in [-0.05, 0) is 43.3 Å². The molecule has 0 radical (unpaired) electrons. The predicted molar refractivity (Wildman–Crippen MR) is 82.7 cm³/mol. The number of hydrogen-bond donors (Lipinski definition) is 1. The molecule has 1 aromatic carbocycles. The number of likely N-dealkylation sites (tertiary alicyclic amines) is 1. The normalized spacial score (nSPS) is 21.1. The summed E-state index contributed by atoms with van der Waals surface area (Å²) in [6.45, 7) is 0.816. The fourth-order valence-corrected chi connectivity index (χ4v) is 3.07. The van der Waals surface area contributed by atoms with Crippen LogP contribution in [0.1, 0.15) is 23.6 Å². The van der Waals surface area contributed by atoms with Gasteiger partial charge < -0.3 is 5.32 Å². The van der Waals surface area contributed by atoms with Crippen molar-refractivity contribution in [3.63, 3.8) is 0 Å². The van der Waals surface area contributed by atoms with Crippen LogP contribution in [0, 0.1) is 23.0 Å². The molecule has 0 saturated carbocycles. The molecule has 1 aliphatic rings. The van der Waals surface area contributed by atoms with Gasteiger partial charge in [0, 0.05) is 18.8 Å². The highest BCUT2D eigenvalue weighted by Crippen LogP contribution is 2.33. The van der Waals surface area contributed by atoms with Crippen LogP contribution in [0.3, 0.4) is 0 Å². The second-order valence-electron chi connectivity index (χ2n) is 5.65. The first kappa shape index (κ1) is 15.4. The highest BCUT2D eigenvalue weighted by molar-refractivity contribution is 5.52. The van der Waals surface area contributed by atoms with Crippen molar-refractivity contribution < 1.29 is 8.78 Å². The third-order valence-corrected chi connectivity index (χ3v) is 4.18. The molecule has 2 aromatic rings. The zero-order valence-corrected chi connectivity index (χ0v) is 12.6. The zero-order chi connectivity index (χ0) is 16.4. The topological polar surface area (TPSA) is 52.0 Å². The molecule has 3 rings (SSSR count). The Hall–Kier alpha value is -2.52. The molecule has 2 atom stereocenters. The summed E-state index contributed by atoms with van der Waals surface area (Å²) in [5, 5.41) is 12.4. The van der Waals surface area contributed by atoms with Crippen molar-refractivity contribution in [1.82, 2.24) is 9.88 Å². The Morgan fingerprint density at radius 2 is 2.13 bits per heavy atom. The van der Waals surface area contributed by atoms with E-state index in [4.69, 9.17) is 5.26 Å². The van der Waals surface area contributed by atoms with Gasteiger partial charge in [-0.1, -0.05) is 6.07 Å². The molecule has 0 spiro atoms. The number of anilines is 1. The van der Waals surface area contributed by atoms with E-state index in [0.717, 1.165) is 19.0 Å². The molecule has 2 heterocycles. The van der Waals surface area contributed by atoms with Crippen molar-refractivity contribution in [3.8, 4) is 6.07 Å². The quantitative estimate of drug-likeness (QED) is 0.946.